The Morgan fingerprint density at radius 1 is 0.793 bits per heavy atom. The van der Waals surface area contributed by atoms with Crippen molar-refractivity contribution >= 4 is 11.6 Å². The molecule has 0 aliphatic heterocycles. The molecule has 0 heterocycles. The lowest BCUT2D eigenvalue weighted by Crippen LogP contribution is -2.35. The first-order valence-corrected chi connectivity index (χ1v) is 9.83. The van der Waals surface area contributed by atoms with E-state index in [9.17, 15) is 4.79 Å². The van der Waals surface area contributed by atoms with Crippen molar-refractivity contribution in [3.05, 3.63) is 84.4 Å². The van der Waals surface area contributed by atoms with Gasteiger partial charge >= 0.3 is 0 Å². The van der Waals surface area contributed by atoms with Crippen LogP contribution in [-0.4, -0.2) is 38.0 Å². The number of carbonyl (C=O) groups is 1. The van der Waals surface area contributed by atoms with Gasteiger partial charge in [0.15, 0.2) is 0 Å². The molecule has 0 saturated heterocycles. The summed E-state index contributed by atoms with van der Waals surface area (Å²) in [6, 6.07) is 26.5. The van der Waals surface area contributed by atoms with E-state index >= 15 is 0 Å². The molecule has 0 spiro atoms. The van der Waals surface area contributed by atoms with Crippen LogP contribution in [0.15, 0.2) is 78.9 Å². The molecule has 29 heavy (non-hydrogen) atoms. The fourth-order valence-electron chi connectivity index (χ4n) is 3.08. The molecule has 0 aromatic heterocycles. The van der Waals surface area contributed by atoms with Crippen LogP contribution in [0.1, 0.15) is 12.5 Å². The van der Waals surface area contributed by atoms with Gasteiger partial charge in [0.2, 0.25) is 5.91 Å². The smallest absolute Gasteiger partial charge is 0.223 e. The molecule has 150 valence electrons. The van der Waals surface area contributed by atoms with Crippen molar-refractivity contribution in [3.8, 4) is 16.9 Å². The first-order chi connectivity index (χ1) is 14.0. The summed E-state index contributed by atoms with van der Waals surface area (Å²) in [6.45, 7) is 3.58. The van der Waals surface area contributed by atoms with Crippen LogP contribution in [0.3, 0.4) is 0 Å². The zero-order valence-corrected chi connectivity index (χ0v) is 17.3. The van der Waals surface area contributed by atoms with Gasteiger partial charge in [0.25, 0.3) is 0 Å². The van der Waals surface area contributed by atoms with Crippen LogP contribution in [0.25, 0.3) is 11.1 Å². The molecule has 0 fully saturated rings. The molecule has 0 radical (unpaired) electrons. The van der Waals surface area contributed by atoms with Crippen molar-refractivity contribution in [2.45, 2.75) is 13.5 Å². The number of carbonyl (C=O) groups excluding carboxylic acids is 1. The maximum atomic E-state index is 12.0. The minimum atomic E-state index is 0.0408. The number of nitrogens with zero attached hydrogens (tertiary/aromatic N) is 2. The van der Waals surface area contributed by atoms with Crippen molar-refractivity contribution in [2.24, 2.45) is 0 Å². The summed E-state index contributed by atoms with van der Waals surface area (Å²) in [5.41, 5.74) is 4.41. The lowest BCUT2D eigenvalue weighted by Gasteiger charge is -2.23. The standard InChI is InChI=1S/C25H28N2O2/c1-20(28)27(18-17-26(2)3)24-13-15-25(16-14-24)29-19-21-9-11-23(12-10-21)22-7-5-4-6-8-22/h4-16H,17-19H2,1-3H3. The van der Waals surface area contributed by atoms with Crippen molar-refractivity contribution in [2.75, 3.05) is 32.1 Å². The Bertz CT molecular complexity index is 904. The highest BCUT2D eigenvalue weighted by Crippen LogP contribution is 2.22. The number of anilines is 1. The van der Waals surface area contributed by atoms with Gasteiger partial charge in [0.1, 0.15) is 12.4 Å². The molecule has 4 nitrogen and oxygen atoms in total. The summed E-state index contributed by atoms with van der Waals surface area (Å²) in [5.74, 6) is 0.830. The van der Waals surface area contributed by atoms with Crippen LogP contribution >= 0.6 is 0 Å². The fraction of sp³-hybridized carbons (Fsp3) is 0.240. The molecule has 3 rings (SSSR count). The molecular formula is C25H28N2O2. The molecule has 1 amide bonds. The number of hydrogen-bond donors (Lipinski definition) is 0. The number of benzene rings is 3. The van der Waals surface area contributed by atoms with E-state index in [2.05, 4.69) is 41.3 Å². The highest BCUT2D eigenvalue weighted by Gasteiger charge is 2.11. The van der Waals surface area contributed by atoms with Crippen molar-refractivity contribution in [1.29, 1.82) is 0 Å². The van der Waals surface area contributed by atoms with E-state index in [4.69, 9.17) is 4.74 Å². The molecule has 0 N–H and O–H groups in total. The summed E-state index contributed by atoms with van der Waals surface area (Å²) in [6.07, 6.45) is 0. The monoisotopic (exact) mass is 388 g/mol. The van der Waals surface area contributed by atoms with Crippen LogP contribution in [0.5, 0.6) is 5.75 Å². The molecule has 0 aliphatic rings. The Morgan fingerprint density at radius 3 is 2.00 bits per heavy atom. The van der Waals surface area contributed by atoms with Gasteiger partial charge in [0, 0.05) is 25.7 Å². The largest absolute Gasteiger partial charge is 0.489 e. The molecule has 3 aromatic carbocycles. The quantitative estimate of drug-likeness (QED) is 0.553. The van der Waals surface area contributed by atoms with Gasteiger partial charge in [0.05, 0.1) is 0 Å². The predicted molar refractivity (Wildman–Crippen MR) is 119 cm³/mol. The Kier molecular flexibility index (Phi) is 7.04. The molecule has 0 atom stereocenters. The number of hydrogen-bond acceptors (Lipinski definition) is 3. The van der Waals surface area contributed by atoms with Crippen molar-refractivity contribution in [1.82, 2.24) is 4.90 Å². The molecule has 0 unspecified atom stereocenters. The van der Waals surface area contributed by atoms with E-state index in [0.717, 1.165) is 23.5 Å². The van der Waals surface area contributed by atoms with Gasteiger partial charge < -0.3 is 14.5 Å². The Morgan fingerprint density at radius 2 is 1.41 bits per heavy atom. The van der Waals surface area contributed by atoms with Crippen LogP contribution in [0, 0.1) is 0 Å². The van der Waals surface area contributed by atoms with E-state index in [0.29, 0.717) is 13.2 Å². The third kappa shape index (κ3) is 5.93. The van der Waals surface area contributed by atoms with Crippen LogP contribution in [0.2, 0.25) is 0 Å². The van der Waals surface area contributed by atoms with Gasteiger partial charge in [-0.1, -0.05) is 54.6 Å². The summed E-state index contributed by atoms with van der Waals surface area (Å²) in [4.78, 5) is 15.8. The second-order valence-corrected chi connectivity index (χ2v) is 7.32. The van der Waals surface area contributed by atoms with E-state index in [1.165, 1.54) is 11.1 Å². The Hall–Kier alpha value is -3.11. The van der Waals surface area contributed by atoms with Crippen LogP contribution in [-0.2, 0) is 11.4 Å². The van der Waals surface area contributed by atoms with E-state index in [1.807, 2.05) is 56.6 Å². The normalized spacial score (nSPS) is 10.8. The third-order valence-electron chi connectivity index (χ3n) is 4.77. The Balaban J connectivity index is 1.59. The number of ether oxygens (including phenoxy) is 1. The molecule has 0 aliphatic carbocycles. The average molecular weight is 389 g/mol. The minimum Gasteiger partial charge on any atom is -0.489 e. The van der Waals surface area contributed by atoms with Gasteiger partial charge in [-0.15, -0.1) is 0 Å². The zero-order chi connectivity index (χ0) is 20.6. The molecule has 3 aromatic rings. The highest BCUT2D eigenvalue weighted by molar-refractivity contribution is 5.91. The maximum absolute atomic E-state index is 12.0. The third-order valence-corrected chi connectivity index (χ3v) is 4.77. The molecular weight excluding hydrogens is 360 g/mol. The maximum Gasteiger partial charge on any atom is 0.223 e. The van der Waals surface area contributed by atoms with Gasteiger partial charge in [-0.25, -0.2) is 0 Å². The van der Waals surface area contributed by atoms with Gasteiger partial charge in [-0.2, -0.15) is 0 Å². The summed E-state index contributed by atoms with van der Waals surface area (Å²) >= 11 is 0. The number of amides is 1. The zero-order valence-electron chi connectivity index (χ0n) is 17.3. The molecule has 0 saturated carbocycles. The molecule has 4 heteroatoms. The fourth-order valence-corrected chi connectivity index (χ4v) is 3.08. The SMILES string of the molecule is CC(=O)N(CCN(C)C)c1ccc(OCc2ccc(-c3ccccc3)cc2)cc1. The van der Waals surface area contributed by atoms with Crippen LogP contribution < -0.4 is 9.64 Å². The van der Waals surface area contributed by atoms with E-state index in [-0.39, 0.29) is 5.91 Å². The predicted octanol–water partition coefficient (Wildman–Crippen LogP) is 4.85. The van der Waals surface area contributed by atoms with Crippen LogP contribution in [0.4, 0.5) is 5.69 Å². The summed E-state index contributed by atoms with van der Waals surface area (Å²) in [7, 11) is 4.00. The Labute approximate surface area is 173 Å². The van der Waals surface area contributed by atoms with E-state index < -0.39 is 0 Å². The minimum absolute atomic E-state index is 0.0408. The topological polar surface area (TPSA) is 32.8 Å². The number of rotatable bonds is 8. The first kappa shape index (κ1) is 20.6. The summed E-state index contributed by atoms with van der Waals surface area (Å²) < 4.78 is 5.92. The van der Waals surface area contributed by atoms with E-state index in [1.54, 1.807) is 11.8 Å². The number of likely N-dealkylation sites (N-methyl/N-ethyl adjacent to an activating group) is 1. The highest BCUT2D eigenvalue weighted by atomic mass is 16.5. The van der Waals surface area contributed by atoms with Gasteiger partial charge in [-0.3, -0.25) is 4.79 Å². The lowest BCUT2D eigenvalue weighted by atomic mass is 10.0. The average Bonchev–Trinajstić information content (AvgIpc) is 2.74. The lowest BCUT2D eigenvalue weighted by molar-refractivity contribution is -0.116. The first-order valence-electron chi connectivity index (χ1n) is 9.83. The van der Waals surface area contributed by atoms with Gasteiger partial charge in [-0.05, 0) is 55.1 Å². The van der Waals surface area contributed by atoms with Crippen molar-refractivity contribution in [3.63, 3.8) is 0 Å². The molecule has 0 bridgehead atoms. The second-order valence-electron chi connectivity index (χ2n) is 7.32. The van der Waals surface area contributed by atoms with Crippen molar-refractivity contribution < 1.29 is 9.53 Å². The second kappa shape index (κ2) is 9.89. The summed E-state index contributed by atoms with van der Waals surface area (Å²) in [5, 5.41) is 0.